The van der Waals surface area contributed by atoms with Gasteiger partial charge in [0.25, 0.3) is 0 Å². The third kappa shape index (κ3) is 7.42. The zero-order valence-corrected chi connectivity index (χ0v) is 23.6. The minimum absolute atomic E-state index is 0.0208. The van der Waals surface area contributed by atoms with Crippen molar-refractivity contribution in [3.8, 4) is 0 Å². The van der Waals surface area contributed by atoms with E-state index in [1.807, 2.05) is 0 Å². The number of nitrogens with zero attached hydrogens (tertiary/aromatic N) is 2. The summed E-state index contributed by atoms with van der Waals surface area (Å²) < 4.78 is 26.2. The van der Waals surface area contributed by atoms with Crippen LogP contribution in [0, 0.1) is 0 Å². The highest BCUT2D eigenvalue weighted by atomic mass is 35.5. The molecule has 1 aliphatic rings. The van der Waals surface area contributed by atoms with Crippen molar-refractivity contribution in [3.63, 3.8) is 0 Å². The summed E-state index contributed by atoms with van der Waals surface area (Å²) >= 11 is 24.4. The number of nitrogens with one attached hydrogen (secondary N) is 1. The van der Waals surface area contributed by atoms with Gasteiger partial charge in [-0.1, -0.05) is 65.3 Å². The first kappa shape index (κ1) is 28.9. The Balaban J connectivity index is 1.92. The van der Waals surface area contributed by atoms with Gasteiger partial charge in [0.2, 0.25) is 21.8 Å². The van der Waals surface area contributed by atoms with Crippen LogP contribution in [-0.4, -0.2) is 50.0 Å². The maximum Gasteiger partial charge on any atom is 0.244 e. The van der Waals surface area contributed by atoms with E-state index < -0.39 is 28.5 Å². The third-order valence-electron chi connectivity index (χ3n) is 6.10. The minimum Gasteiger partial charge on any atom is -0.352 e. The maximum absolute atomic E-state index is 13.6. The largest absolute Gasteiger partial charge is 0.352 e. The Kier molecular flexibility index (Phi) is 9.80. The normalized spacial score (nSPS) is 14.9. The van der Waals surface area contributed by atoms with E-state index in [4.69, 9.17) is 46.4 Å². The van der Waals surface area contributed by atoms with Crippen molar-refractivity contribution in [2.75, 3.05) is 17.1 Å². The summed E-state index contributed by atoms with van der Waals surface area (Å²) in [5, 5.41) is 4.15. The number of anilines is 1. The Morgan fingerprint density at radius 3 is 2.25 bits per heavy atom. The van der Waals surface area contributed by atoms with Gasteiger partial charge in [0, 0.05) is 22.6 Å². The summed E-state index contributed by atoms with van der Waals surface area (Å²) in [7, 11) is -3.89. The van der Waals surface area contributed by atoms with Crippen molar-refractivity contribution >= 4 is 73.9 Å². The van der Waals surface area contributed by atoms with Crippen molar-refractivity contribution < 1.29 is 18.0 Å². The third-order valence-corrected chi connectivity index (χ3v) is 8.56. The molecule has 36 heavy (non-hydrogen) atoms. The maximum atomic E-state index is 13.6. The first-order valence-electron chi connectivity index (χ1n) is 11.3. The monoisotopic (exact) mass is 593 g/mol. The Morgan fingerprint density at radius 1 is 1.00 bits per heavy atom. The molecule has 0 spiro atoms. The zero-order valence-electron chi connectivity index (χ0n) is 19.8. The van der Waals surface area contributed by atoms with Crippen LogP contribution in [0.3, 0.4) is 0 Å². The molecule has 1 atom stereocenters. The van der Waals surface area contributed by atoms with Gasteiger partial charge in [0.05, 0.1) is 22.0 Å². The van der Waals surface area contributed by atoms with Crippen molar-refractivity contribution in [1.82, 2.24) is 10.2 Å². The first-order chi connectivity index (χ1) is 16.9. The van der Waals surface area contributed by atoms with Crippen molar-refractivity contribution in [3.05, 3.63) is 62.1 Å². The average molecular weight is 595 g/mol. The fraction of sp³-hybridized carbons (Fsp3) is 0.417. The van der Waals surface area contributed by atoms with E-state index in [0.717, 1.165) is 36.2 Å². The number of sulfonamides is 1. The van der Waals surface area contributed by atoms with Gasteiger partial charge in [-0.3, -0.25) is 13.9 Å². The molecular weight excluding hydrogens is 568 g/mol. The van der Waals surface area contributed by atoms with Crippen molar-refractivity contribution in [2.45, 2.75) is 51.2 Å². The summed E-state index contributed by atoms with van der Waals surface area (Å²) in [5.41, 5.74) is 0.739. The SMILES string of the molecule is C[C@H](C(=O)NC1CCCC1)N(Cc1ccc(Cl)cc1Cl)C(=O)CN(c1ccc(Cl)c(Cl)c1)S(C)(=O)=O. The Labute approximate surface area is 231 Å². The van der Waals surface area contributed by atoms with E-state index in [1.54, 1.807) is 25.1 Å². The summed E-state index contributed by atoms with van der Waals surface area (Å²) in [6.45, 7) is 1.03. The molecule has 12 heteroatoms. The van der Waals surface area contributed by atoms with E-state index in [2.05, 4.69) is 5.32 Å². The Bertz CT molecular complexity index is 1240. The number of carbonyl (C=O) groups excluding carboxylic acids is 2. The zero-order chi connectivity index (χ0) is 26.6. The summed E-state index contributed by atoms with van der Waals surface area (Å²) in [5.74, 6) is -0.910. The van der Waals surface area contributed by atoms with Crippen molar-refractivity contribution in [1.29, 1.82) is 0 Å². The lowest BCUT2D eigenvalue weighted by molar-refractivity contribution is -0.139. The lowest BCUT2D eigenvalue weighted by Gasteiger charge is -2.32. The highest BCUT2D eigenvalue weighted by molar-refractivity contribution is 7.92. The predicted octanol–water partition coefficient (Wildman–Crippen LogP) is 5.54. The van der Waals surface area contributed by atoms with Gasteiger partial charge in [-0.25, -0.2) is 8.42 Å². The molecule has 2 amide bonds. The molecule has 0 unspecified atom stereocenters. The van der Waals surface area contributed by atoms with Crippen LogP contribution in [0.1, 0.15) is 38.2 Å². The molecule has 1 N–H and O–H groups in total. The molecule has 7 nitrogen and oxygen atoms in total. The average Bonchev–Trinajstić information content (AvgIpc) is 3.30. The van der Waals surface area contributed by atoms with Crippen LogP contribution < -0.4 is 9.62 Å². The molecule has 3 rings (SSSR count). The smallest absolute Gasteiger partial charge is 0.244 e. The molecule has 2 aromatic rings. The standard InChI is InChI=1S/C24H27Cl4N3O4S/c1-15(24(33)29-18-5-3-4-6-18)30(13-16-7-8-17(25)11-21(16)27)23(32)14-31(36(2,34)35)19-9-10-20(26)22(28)12-19/h7-12,15,18H,3-6,13-14H2,1-2H3,(H,29,33)/t15-/m1/s1. The molecule has 0 aliphatic heterocycles. The van der Waals surface area contributed by atoms with Gasteiger partial charge in [-0.05, 0) is 55.7 Å². The van der Waals surface area contributed by atoms with Crippen LogP contribution in [0.2, 0.25) is 20.1 Å². The van der Waals surface area contributed by atoms with Crippen LogP contribution in [0.25, 0.3) is 0 Å². The molecule has 0 aromatic heterocycles. The van der Waals surface area contributed by atoms with Crippen LogP contribution in [0.5, 0.6) is 0 Å². The minimum atomic E-state index is -3.89. The fourth-order valence-corrected chi connectivity index (χ4v) is 5.66. The quantitative estimate of drug-likeness (QED) is 0.413. The number of halogens is 4. The number of rotatable bonds is 9. The topological polar surface area (TPSA) is 86.8 Å². The van der Waals surface area contributed by atoms with E-state index >= 15 is 0 Å². The molecule has 1 fully saturated rings. The van der Waals surface area contributed by atoms with Gasteiger partial charge in [0.15, 0.2) is 0 Å². The number of benzene rings is 2. The lowest BCUT2D eigenvalue weighted by atomic mass is 10.1. The molecular formula is C24H27Cl4N3O4S. The van der Waals surface area contributed by atoms with Gasteiger partial charge in [-0.2, -0.15) is 0 Å². The summed E-state index contributed by atoms with van der Waals surface area (Å²) in [4.78, 5) is 28.0. The van der Waals surface area contributed by atoms with Gasteiger partial charge < -0.3 is 10.2 Å². The van der Waals surface area contributed by atoms with E-state index in [1.165, 1.54) is 23.1 Å². The van der Waals surface area contributed by atoms with Crippen LogP contribution in [-0.2, 0) is 26.2 Å². The Morgan fingerprint density at radius 2 is 1.67 bits per heavy atom. The fourth-order valence-electron chi connectivity index (χ4n) is 4.06. The molecule has 0 radical (unpaired) electrons. The first-order valence-corrected chi connectivity index (χ1v) is 14.7. The second-order valence-corrected chi connectivity index (χ2v) is 12.4. The van der Waals surface area contributed by atoms with Gasteiger partial charge >= 0.3 is 0 Å². The molecule has 196 valence electrons. The second kappa shape index (κ2) is 12.2. The van der Waals surface area contributed by atoms with Crippen molar-refractivity contribution in [2.24, 2.45) is 0 Å². The van der Waals surface area contributed by atoms with Crippen LogP contribution in [0.4, 0.5) is 5.69 Å². The molecule has 0 bridgehead atoms. The molecule has 0 saturated heterocycles. The lowest BCUT2D eigenvalue weighted by Crippen LogP contribution is -2.52. The molecule has 1 aliphatic carbocycles. The summed E-state index contributed by atoms with van der Waals surface area (Å²) in [6, 6.07) is 8.29. The number of carbonyl (C=O) groups is 2. The molecule has 1 saturated carbocycles. The predicted molar refractivity (Wildman–Crippen MR) is 146 cm³/mol. The number of hydrogen-bond donors (Lipinski definition) is 1. The molecule has 0 heterocycles. The molecule has 2 aromatic carbocycles. The van der Waals surface area contributed by atoms with Crippen LogP contribution in [0.15, 0.2) is 36.4 Å². The van der Waals surface area contributed by atoms with E-state index in [9.17, 15) is 18.0 Å². The van der Waals surface area contributed by atoms with Crippen LogP contribution >= 0.6 is 46.4 Å². The number of hydrogen-bond acceptors (Lipinski definition) is 4. The summed E-state index contributed by atoms with van der Waals surface area (Å²) in [6.07, 6.45) is 4.83. The Hall–Kier alpha value is -1.71. The van der Waals surface area contributed by atoms with Gasteiger partial charge in [-0.15, -0.1) is 0 Å². The van der Waals surface area contributed by atoms with E-state index in [-0.39, 0.29) is 34.2 Å². The highest BCUT2D eigenvalue weighted by Gasteiger charge is 2.32. The van der Waals surface area contributed by atoms with E-state index in [0.29, 0.717) is 15.6 Å². The highest BCUT2D eigenvalue weighted by Crippen LogP contribution is 2.29. The second-order valence-electron chi connectivity index (χ2n) is 8.79. The number of amides is 2. The van der Waals surface area contributed by atoms with Gasteiger partial charge in [0.1, 0.15) is 12.6 Å².